The first-order chi connectivity index (χ1) is 14.2. The lowest BCUT2D eigenvalue weighted by atomic mass is 9.96. The maximum Gasteiger partial charge on any atom is 0.276 e. The zero-order valence-corrected chi connectivity index (χ0v) is 16.2. The molecule has 4 aromatic rings. The molecule has 29 heavy (non-hydrogen) atoms. The minimum absolute atomic E-state index is 0.0943. The Morgan fingerprint density at radius 1 is 1.07 bits per heavy atom. The van der Waals surface area contributed by atoms with Gasteiger partial charge in [0.1, 0.15) is 5.52 Å². The summed E-state index contributed by atoms with van der Waals surface area (Å²) < 4.78 is 11.3. The molecule has 146 valence electrons. The van der Waals surface area contributed by atoms with E-state index in [1.807, 2.05) is 60.4 Å². The molecule has 1 fully saturated rings. The first-order valence-corrected chi connectivity index (χ1v) is 9.86. The van der Waals surface area contributed by atoms with Crippen LogP contribution in [-0.2, 0) is 0 Å². The standard InChI is InChI=1S/C23H21N3O3/c1-15-6-8-16(9-7-15)21-14-19(25-29-21)23(27)26-12-10-17(11-13-26)22-24-18-4-2-3-5-20(18)28-22/h2-9,14,17H,10-13H2,1H3. The number of hydrogen-bond acceptors (Lipinski definition) is 5. The summed E-state index contributed by atoms with van der Waals surface area (Å²) >= 11 is 0. The van der Waals surface area contributed by atoms with E-state index < -0.39 is 0 Å². The van der Waals surface area contributed by atoms with Gasteiger partial charge < -0.3 is 13.8 Å². The van der Waals surface area contributed by atoms with Crippen LogP contribution >= 0.6 is 0 Å². The van der Waals surface area contributed by atoms with Crippen LogP contribution in [0, 0.1) is 6.92 Å². The predicted molar refractivity (Wildman–Crippen MR) is 109 cm³/mol. The van der Waals surface area contributed by atoms with Crippen molar-refractivity contribution in [1.82, 2.24) is 15.0 Å². The van der Waals surface area contributed by atoms with E-state index >= 15 is 0 Å². The second kappa shape index (κ2) is 7.20. The van der Waals surface area contributed by atoms with Crippen LogP contribution in [0.25, 0.3) is 22.4 Å². The number of piperidine rings is 1. The van der Waals surface area contributed by atoms with E-state index in [4.69, 9.17) is 8.94 Å². The number of oxazole rings is 1. The smallest absolute Gasteiger partial charge is 0.276 e. The SMILES string of the molecule is Cc1ccc(-c2cc(C(=O)N3CCC(c4nc5ccccc5o4)CC3)no2)cc1. The van der Waals surface area contributed by atoms with Crippen molar-refractivity contribution in [3.63, 3.8) is 0 Å². The van der Waals surface area contributed by atoms with Crippen molar-refractivity contribution in [2.45, 2.75) is 25.7 Å². The fourth-order valence-corrected chi connectivity index (χ4v) is 3.79. The molecule has 0 spiro atoms. The number of fused-ring (bicyclic) bond motifs is 1. The number of aromatic nitrogens is 2. The number of carbonyl (C=O) groups excluding carboxylic acids is 1. The third-order valence-electron chi connectivity index (χ3n) is 5.51. The predicted octanol–water partition coefficient (Wildman–Crippen LogP) is 4.81. The van der Waals surface area contributed by atoms with Crippen molar-refractivity contribution in [1.29, 1.82) is 0 Å². The lowest BCUT2D eigenvalue weighted by molar-refractivity contribution is 0.0696. The highest BCUT2D eigenvalue weighted by Gasteiger charge is 2.29. The number of hydrogen-bond donors (Lipinski definition) is 0. The van der Waals surface area contributed by atoms with E-state index in [2.05, 4.69) is 10.1 Å². The van der Waals surface area contributed by atoms with Crippen molar-refractivity contribution in [2.75, 3.05) is 13.1 Å². The lowest BCUT2D eigenvalue weighted by Gasteiger charge is -2.29. The highest BCUT2D eigenvalue weighted by Crippen LogP contribution is 2.30. The number of aryl methyl sites for hydroxylation is 1. The Bertz CT molecular complexity index is 1120. The van der Waals surface area contributed by atoms with Crippen LogP contribution in [-0.4, -0.2) is 34.0 Å². The van der Waals surface area contributed by atoms with Crippen LogP contribution in [0.3, 0.4) is 0 Å². The van der Waals surface area contributed by atoms with Crippen LogP contribution in [0.1, 0.15) is 40.7 Å². The van der Waals surface area contributed by atoms with Gasteiger partial charge >= 0.3 is 0 Å². The maximum absolute atomic E-state index is 12.8. The molecule has 0 N–H and O–H groups in total. The van der Waals surface area contributed by atoms with Gasteiger partial charge in [0.15, 0.2) is 22.9 Å². The largest absolute Gasteiger partial charge is 0.440 e. The van der Waals surface area contributed by atoms with Gasteiger partial charge in [-0.05, 0) is 31.9 Å². The van der Waals surface area contributed by atoms with E-state index in [0.29, 0.717) is 24.5 Å². The molecule has 0 bridgehead atoms. The van der Waals surface area contributed by atoms with Crippen molar-refractivity contribution >= 4 is 17.0 Å². The number of benzene rings is 2. The molecule has 2 aromatic carbocycles. The van der Waals surface area contributed by atoms with Gasteiger partial charge in [-0.2, -0.15) is 0 Å². The maximum atomic E-state index is 12.8. The number of likely N-dealkylation sites (tertiary alicyclic amines) is 1. The Morgan fingerprint density at radius 2 is 1.83 bits per heavy atom. The normalized spacial score (nSPS) is 15.1. The molecule has 5 rings (SSSR count). The average molecular weight is 387 g/mol. The van der Waals surface area contributed by atoms with Crippen LogP contribution in [0.5, 0.6) is 0 Å². The second-order valence-corrected chi connectivity index (χ2v) is 7.53. The molecule has 6 heteroatoms. The van der Waals surface area contributed by atoms with E-state index in [-0.39, 0.29) is 11.8 Å². The quantitative estimate of drug-likeness (QED) is 0.504. The molecule has 1 saturated heterocycles. The second-order valence-electron chi connectivity index (χ2n) is 7.53. The van der Waals surface area contributed by atoms with Crippen LogP contribution < -0.4 is 0 Å². The van der Waals surface area contributed by atoms with E-state index in [0.717, 1.165) is 35.4 Å². The molecule has 0 radical (unpaired) electrons. The zero-order chi connectivity index (χ0) is 19.8. The van der Waals surface area contributed by atoms with Gasteiger partial charge in [0.05, 0.1) is 0 Å². The van der Waals surface area contributed by atoms with Crippen molar-refractivity contribution in [3.8, 4) is 11.3 Å². The number of rotatable bonds is 3. The topological polar surface area (TPSA) is 72.4 Å². The molecule has 6 nitrogen and oxygen atoms in total. The number of para-hydroxylation sites is 2. The first kappa shape index (κ1) is 17.7. The molecular formula is C23H21N3O3. The summed E-state index contributed by atoms with van der Waals surface area (Å²) in [6.45, 7) is 3.33. The number of carbonyl (C=O) groups is 1. The fraction of sp³-hybridized carbons (Fsp3) is 0.261. The Morgan fingerprint density at radius 3 is 2.59 bits per heavy atom. The van der Waals surface area contributed by atoms with Gasteiger partial charge in [0.2, 0.25) is 0 Å². The van der Waals surface area contributed by atoms with Crippen molar-refractivity contribution in [3.05, 3.63) is 71.7 Å². The molecule has 1 aliphatic rings. The minimum atomic E-state index is -0.0943. The molecule has 2 aromatic heterocycles. The molecular weight excluding hydrogens is 366 g/mol. The number of nitrogens with zero attached hydrogens (tertiary/aromatic N) is 3. The number of amides is 1. The Labute approximate surface area is 168 Å². The molecule has 1 amide bonds. The Balaban J connectivity index is 1.26. The third kappa shape index (κ3) is 3.42. The Hall–Kier alpha value is -3.41. The fourth-order valence-electron chi connectivity index (χ4n) is 3.79. The zero-order valence-electron chi connectivity index (χ0n) is 16.2. The van der Waals surface area contributed by atoms with E-state index in [1.165, 1.54) is 5.56 Å². The van der Waals surface area contributed by atoms with Crippen LogP contribution in [0.2, 0.25) is 0 Å². The van der Waals surface area contributed by atoms with E-state index in [1.54, 1.807) is 6.07 Å². The summed E-state index contributed by atoms with van der Waals surface area (Å²) in [5, 5.41) is 4.00. The van der Waals surface area contributed by atoms with Gasteiger partial charge in [-0.1, -0.05) is 47.1 Å². The summed E-state index contributed by atoms with van der Waals surface area (Å²) in [7, 11) is 0. The van der Waals surface area contributed by atoms with E-state index in [9.17, 15) is 4.79 Å². The van der Waals surface area contributed by atoms with Gasteiger partial charge in [-0.25, -0.2) is 4.98 Å². The summed E-state index contributed by atoms with van der Waals surface area (Å²) in [4.78, 5) is 19.3. The summed E-state index contributed by atoms with van der Waals surface area (Å²) in [5.41, 5.74) is 4.13. The average Bonchev–Trinajstić information content (AvgIpc) is 3.41. The summed E-state index contributed by atoms with van der Waals surface area (Å²) in [6.07, 6.45) is 1.64. The summed E-state index contributed by atoms with van der Waals surface area (Å²) in [5.74, 6) is 1.51. The monoisotopic (exact) mass is 387 g/mol. The molecule has 0 unspecified atom stereocenters. The van der Waals surface area contributed by atoms with Gasteiger partial charge in [-0.15, -0.1) is 0 Å². The molecule has 1 aliphatic heterocycles. The molecule has 0 saturated carbocycles. The van der Waals surface area contributed by atoms with Gasteiger partial charge in [0, 0.05) is 30.6 Å². The lowest BCUT2D eigenvalue weighted by Crippen LogP contribution is -2.38. The van der Waals surface area contributed by atoms with Gasteiger partial charge in [0.25, 0.3) is 5.91 Å². The van der Waals surface area contributed by atoms with Crippen LogP contribution in [0.15, 0.2) is 63.5 Å². The highest BCUT2D eigenvalue weighted by molar-refractivity contribution is 5.93. The van der Waals surface area contributed by atoms with Crippen molar-refractivity contribution in [2.24, 2.45) is 0 Å². The van der Waals surface area contributed by atoms with Crippen molar-refractivity contribution < 1.29 is 13.7 Å². The Kier molecular flexibility index (Phi) is 4.39. The third-order valence-corrected chi connectivity index (χ3v) is 5.51. The molecule has 0 aliphatic carbocycles. The van der Waals surface area contributed by atoms with Gasteiger partial charge in [-0.3, -0.25) is 4.79 Å². The first-order valence-electron chi connectivity index (χ1n) is 9.86. The molecule has 0 atom stereocenters. The summed E-state index contributed by atoms with van der Waals surface area (Å²) in [6, 6.07) is 17.5. The molecule has 3 heterocycles. The minimum Gasteiger partial charge on any atom is -0.440 e. The highest BCUT2D eigenvalue weighted by atomic mass is 16.5. The van der Waals surface area contributed by atoms with Crippen LogP contribution in [0.4, 0.5) is 0 Å².